The first-order chi connectivity index (χ1) is 13.7. The van der Waals surface area contributed by atoms with Gasteiger partial charge < -0.3 is 9.64 Å². The summed E-state index contributed by atoms with van der Waals surface area (Å²) in [6.07, 6.45) is -1.54. The molecule has 2 nitrogen and oxygen atoms in total. The van der Waals surface area contributed by atoms with Gasteiger partial charge in [0.2, 0.25) is 0 Å². The van der Waals surface area contributed by atoms with Crippen molar-refractivity contribution in [3.05, 3.63) is 71.2 Å². The van der Waals surface area contributed by atoms with Gasteiger partial charge in [0.05, 0.1) is 16.2 Å². The molecule has 106 valence electrons. The Morgan fingerprint density at radius 3 is 2.70 bits per heavy atom. The second kappa shape index (κ2) is 7.22. The molecule has 2 rings (SSSR count). The fourth-order valence-corrected chi connectivity index (χ4v) is 1.64. The minimum atomic E-state index is -2.58. The van der Waals surface area contributed by atoms with Crippen LogP contribution in [0.25, 0.3) is 0 Å². The average molecular weight is 279 g/mol. The van der Waals surface area contributed by atoms with E-state index >= 15 is 0 Å². The van der Waals surface area contributed by atoms with Crippen LogP contribution in [-0.2, 0) is 4.74 Å². The summed E-state index contributed by atoms with van der Waals surface area (Å²) in [5.41, 5.74) is -0.457. The Morgan fingerprint density at radius 1 is 1.25 bits per heavy atom. The number of hydrogen-bond donors (Lipinski definition) is 0. The third kappa shape index (κ3) is 3.92. The van der Waals surface area contributed by atoms with E-state index in [-0.39, 0.29) is 23.2 Å². The van der Waals surface area contributed by atoms with Crippen LogP contribution in [0.1, 0.15) is 36.5 Å². The molecule has 0 fully saturated rings. The van der Waals surface area contributed by atoms with E-state index in [1.165, 1.54) is 29.2 Å². The molecule has 0 radical (unpaired) electrons. The second-order valence-electron chi connectivity index (χ2n) is 4.51. The summed E-state index contributed by atoms with van der Waals surface area (Å²) in [6.45, 7) is -5.09. The van der Waals surface area contributed by atoms with Gasteiger partial charge in [-0.1, -0.05) is 54.5 Å². The highest BCUT2D eigenvalue weighted by Crippen LogP contribution is 2.28. The number of hydrogen-bond acceptors (Lipinski definition) is 2. The maximum atomic E-state index is 8.26. The largest absolute Gasteiger partial charge is 0.367 e. The van der Waals surface area contributed by atoms with Gasteiger partial charge in [0, 0.05) is 10.7 Å². The molecule has 0 aliphatic carbocycles. The van der Waals surface area contributed by atoms with Crippen LogP contribution >= 0.6 is 0 Å². The molecule has 1 atom stereocenters. The molecule has 2 aromatic carbocycles. The topological polar surface area (TPSA) is 12.5 Å². The van der Waals surface area contributed by atoms with Crippen molar-refractivity contribution in [3.63, 3.8) is 0 Å². The van der Waals surface area contributed by atoms with Crippen LogP contribution in [0.2, 0.25) is 0 Å². The van der Waals surface area contributed by atoms with Gasteiger partial charge in [0.15, 0.2) is 0 Å². The maximum absolute atomic E-state index is 8.26. The Kier molecular flexibility index (Phi) is 2.32. The summed E-state index contributed by atoms with van der Waals surface area (Å²) >= 11 is 0. The molecule has 1 unspecified atom stereocenters. The monoisotopic (exact) mass is 279 g/mol. The van der Waals surface area contributed by atoms with Gasteiger partial charge in [-0.05, 0) is 37.6 Å². The van der Waals surface area contributed by atoms with E-state index in [0.29, 0.717) is 0 Å². The summed E-state index contributed by atoms with van der Waals surface area (Å²) in [7, 11) is 3.24. The van der Waals surface area contributed by atoms with Crippen molar-refractivity contribution in [1.82, 2.24) is 4.90 Å². The van der Waals surface area contributed by atoms with Crippen LogP contribution in [0.5, 0.6) is 0 Å². The van der Waals surface area contributed by atoms with Gasteiger partial charge in [0.25, 0.3) is 0 Å². The lowest BCUT2D eigenvalue weighted by Gasteiger charge is -2.22. The number of nitrogens with zero attached hydrogens (tertiary/aromatic N) is 1. The molecule has 0 heterocycles. The van der Waals surface area contributed by atoms with Gasteiger partial charge in [-0.2, -0.15) is 0 Å². The third-order valence-electron chi connectivity index (χ3n) is 2.61. The molecule has 0 amide bonds. The van der Waals surface area contributed by atoms with E-state index < -0.39 is 49.7 Å². The van der Waals surface area contributed by atoms with E-state index in [2.05, 4.69) is 0 Å². The highest BCUT2D eigenvalue weighted by Gasteiger charge is 2.16. The molecular weight excluding hydrogens is 246 g/mol. The molecule has 0 saturated heterocycles. The first-order valence-corrected chi connectivity index (χ1v) is 6.16. The van der Waals surface area contributed by atoms with Crippen molar-refractivity contribution in [3.8, 4) is 0 Å². The lowest BCUT2D eigenvalue weighted by atomic mass is 9.97. The van der Waals surface area contributed by atoms with Crippen molar-refractivity contribution in [2.75, 3.05) is 27.2 Å². The second-order valence-corrected chi connectivity index (χ2v) is 4.51. The zero-order valence-corrected chi connectivity index (χ0v) is 11.4. The minimum Gasteiger partial charge on any atom is -0.367 e. The van der Waals surface area contributed by atoms with Crippen LogP contribution in [0.3, 0.4) is 0 Å². The fraction of sp³-hybridized carbons (Fsp3) is 0.333. The predicted molar refractivity (Wildman–Crippen MR) is 84.0 cm³/mol. The van der Waals surface area contributed by atoms with Crippen molar-refractivity contribution in [1.29, 1.82) is 0 Å². The molecular formula is C18H23NO. The number of benzene rings is 2. The molecule has 0 spiro atoms. The van der Waals surface area contributed by atoms with E-state index in [9.17, 15) is 0 Å². The summed E-state index contributed by atoms with van der Waals surface area (Å²) < 4.78 is 85.7. The van der Waals surface area contributed by atoms with Crippen molar-refractivity contribution in [2.45, 2.75) is 13.0 Å². The summed E-state index contributed by atoms with van der Waals surface area (Å²) in [5.74, 6) is 0. The average Bonchev–Trinajstić information content (AvgIpc) is 2.62. The summed E-state index contributed by atoms with van der Waals surface area (Å²) in [5, 5.41) is 0. The quantitative estimate of drug-likeness (QED) is 0.800. The predicted octanol–water partition coefficient (Wildman–Crippen LogP) is 3.66. The van der Waals surface area contributed by atoms with E-state index in [1.54, 1.807) is 14.1 Å². The number of likely N-dealkylation sites (N-methyl/N-ethyl adjacent to an activating group) is 1. The lowest BCUT2D eigenvalue weighted by molar-refractivity contribution is 0.0683. The number of rotatable bonds is 6. The van der Waals surface area contributed by atoms with Crippen LogP contribution in [0.15, 0.2) is 54.5 Å². The van der Waals surface area contributed by atoms with E-state index in [1.807, 2.05) is 0 Å². The van der Waals surface area contributed by atoms with Gasteiger partial charge >= 0.3 is 0 Å². The Morgan fingerprint density at radius 2 is 2.00 bits per heavy atom. The van der Waals surface area contributed by atoms with Crippen LogP contribution < -0.4 is 0 Å². The van der Waals surface area contributed by atoms with Crippen LogP contribution in [-0.4, -0.2) is 32.1 Å². The molecule has 2 heteroatoms. The first kappa shape index (κ1) is 6.42. The molecule has 20 heavy (non-hydrogen) atoms. The number of ether oxygens (including phenoxy) is 1. The maximum Gasteiger partial charge on any atom is 0.108 e. The van der Waals surface area contributed by atoms with Crippen molar-refractivity contribution in [2.24, 2.45) is 0 Å². The minimum absolute atomic E-state index is 0.0126. The standard InChI is InChI=1S/C18H23NO/c1-15-9-7-8-12-17(15)18(20-14-13-19(2)3)16-10-5-4-6-11-16/h4-12,18H,13-14H2,1-3H3/i1D3,4D,5D,6D,10D,11D,14D2. The molecule has 0 bridgehead atoms. The van der Waals surface area contributed by atoms with Crippen LogP contribution in [0, 0.1) is 6.85 Å². The Labute approximate surface area is 136 Å². The fourth-order valence-electron chi connectivity index (χ4n) is 1.64. The highest BCUT2D eigenvalue weighted by atomic mass is 16.5. The highest BCUT2D eigenvalue weighted by molar-refractivity contribution is 5.35. The molecule has 0 aromatic heterocycles. The third-order valence-corrected chi connectivity index (χ3v) is 2.61. The molecule has 0 N–H and O–H groups in total. The van der Waals surface area contributed by atoms with Gasteiger partial charge in [-0.25, -0.2) is 0 Å². The van der Waals surface area contributed by atoms with Crippen molar-refractivity contribution < 1.29 is 18.4 Å². The SMILES string of the molecule is [2H]c1c([2H])c([2H])c(C(OC([2H])([2H])CN(C)C)c2ccccc2C([2H])([2H])[2H])c([2H])c1[2H]. The zero-order valence-electron chi connectivity index (χ0n) is 21.4. The molecule has 0 saturated carbocycles. The molecule has 0 aliphatic heterocycles. The van der Waals surface area contributed by atoms with Gasteiger partial charge in [0.1, 0.15) is 6.10 Å². The molecule has 2 aromatic rings. The first-order valence-electron chi connectivity index (χ1n) is 11.2. The van der Waals surface area contributed by atoms with Crippen LogP contribution in [0.4, 0.5) is 0 Å². The summed E-state index contributed by atoms with van der Waals surface area (Å²) in [6, 6.07) is 2.77. The number of aryl methyl sites for hydroxylation is 1. The summed E-state index contributed by atoms with van der Waals surface area (Å²) in [4.78, 5) is 1.52. The molecule has 0 aliphatic rings. The van der Waals surface area contributed by atoms with Gasteiger partial charge in [-0.3, -0.25) is 0 Å². The Balaban J connectivity index is 2.82. The normalized spacial score (nSPS) is 21.1. The van der Waals surface area contributed by atoms with Crippen molar-refractivity contribution >= 4 is 0 Å². The Bertz CT molecular complexity index is 897. The smallest absolute Gasteiger partial charge is 0.108 e. The van der Waals surface area contributed by atoms with Gasteiger partial charge in [-0.15, -0.1) is 0 Å². The Hall–Kier alpha value is -1.64. The van der Waals surface area contributed by atoms with E-state index in [4.69, 9.17) is 18.4 Å². The van der Waals surface area contributed by atoms with E-state index in [0.717, 1.165) is 0 Å². The zero-order chi connectivity index (χ0) is 23.0. The lowest BCUT2D eigenvalue weighted by Crippen LogP contribution is -2.20.